The van der Waals surface area contributed by atoms with Gasteiger partial charge in [-0.3, -0.25) is 4.21 Å². The first-order valence-corrected chi connectivity index (χ1v) is 7.35. The Morgan fingerprint density at radius 3 is 2.41 bits per heavy atom. The van der Waals surface area contributed by atoms with Gasteiger partial charge in [0.1, 0.15) is 5.82 Å². The van der Waals surface area contributed by atoms with Crippen molar-refractivity contribution in [2.24, 2.45) is 0 Å². The molecule has 1 aliphatic carbocycles. The van der Waals surface area contributed by atoms with Gasteiger partial charge in [0.25, 0.3) is 0 Å². The predicted octanol–water partition coefficient (Wildman–Crippen LogP) is 3.24. The van der Waals surface area contributed by atoms with Crippen LogP contribution in [0.4, 0.5) is 10.1 Å². The summed E-state index contributed by atoms with van der Waals surface area (Å²) in [4.78, 5) is 0.311. The van der Waals surface area contributed by atoms with Crippen LogP contribution in [0, 0.1) is 5.82 Å². The molecule has 1 aliphatic rings. The zero-order chi connectivity index (χ0) is 12.3. The van der Waals surface area contributed by atoms with E-state index >= 15 is 0 Å². The molecule has 0 bridgehead atoms. The molecule has 0 aromatic heterocycles. The maximum Gasteiger partial charge on any atom is 0.141 e. The number of nitrogens with two attached hydrogens (primary N) is 1. The zero-order valence-corrected chi connectivity index (χ0v) is 10.6. The van der Waals surface area contributed by atoms with Crippen LogP contribution in [0.3, 0.4) is 0 Å². The lowest BCUT2D eigenvalue weighted by molar-refractivity contribution is 0.589. The average Bonchev–Trinajstić information content (AvgIpc) is 2.56. The van der Waals surface area contributed by atoms with Gasteiger partial charge in [0.15, 0.2) is 0 Å². The van der Waals surface area contributed by atoms with Crippen molar-refractivity contribution in [3.63, 3.8) is 0 Å². The van der Waals surface area contributed by atoms with Crippen molar-refractivity contribution in [2.45, 2.75) is 48.7 Å². The summed E-state index contributed by atoms with van der Waals surface area (Å²) in [6.45, 7) is 0. The highest BCUT2D eigenvalue weighted by Crippen LogP contribution is 2.26. The summed E-state index contributed by atoms with van der Waals surface area (Å²) < 4.78 is 26.0. The standard InChI is InChI=1S/C13H18FNOS/c14-12-9-10(15)7-8-13(12)17(16)11-5-3-1-2-4-6-11/h7-9,11H,1-6,15H2. The summed E-state index contributed by atoms with van der Waals surface area (Å²) >= 11 is 0. The van der Waals surface area contributed by atoms with E-state index in [1.807, 2.05) is 0 Å². The van der Waals surface area contributed by atoms with E-state index in [4.69, 9.17) is 5.73 Å². The van der Waals surface area contributed by atoms with Crippen molar-refractivity contribution >= 4 is 16.5 Å². The van der Waals surface area contributed by atoms with Crippen molar-refractivity contribution in [3.05, 3.63) is 24.0 Å². The second-order valence-electron chi connectivity index (χ2n) is 4.60. The molecule has 2 rings (SSSR count). The van der Waals surface area contributed by atoms with Crippen LogP contribution in [0.1, 0.15) is 38.5 Å². The molecule has 1 fully saturated rings. The molecule has 1 saturated carbocycles. The van der Waals surface area contributed by atoms with Gasteiger partial charge < -0.3 is 5.73 Å². The second-order valence-corrected chi connectivity index (χ2v) is 6.30. The molecule has 4 heteroatoms. The Labute approximate surface area is 104 Å². The van der Waals surface area contributed by atoms with Crippen molar-refractivity contribution in [1.29, 1.82) is 0 Å². The number of hydrogen-bond donors (Lipinski definition) is 1. The van der Waals surface area contributed by atoms with Crippen LogP contribution >= 0.6 is 0 Å². The number of halogens is 1. The lowest BCUT2D eigenvalue weighted by atomic mass is 10.2. The fourth-order valence-electron chi connectivity index (χ4n) is 2.32. The van der Waals surface area contributed by atoms with Crippen LogP contribution in [-0.4, -0.2) is 9.46 Å². The molecule has 0 amide bonds. The summed E-state index contributed by atoms with van der Waals surface area (Å²) in [7, 11) is -1.23. The van der Waals surface area contributed by atoms with Gasteiger partial charge in [-0.05, 0) is 31.0 Å². The number of anilines is 1. The first-order valence-electron chi connectivity index (χ1n) is 6.14. The van der Waals surface area contributed by atoms with Crippen molar-refractivity contribution in [1.82, 2.24) is 0 Å². The molecule has 17 heavy (non-hydrogen) atoms. The topological polar surface area (TPSA) is 43.1 Å². The SMILES string of the molecule is Nc1ccc(S(=O)C2CCCCCC2)c(F)c1. The molecule has 0 radical (unpaired) electrons. The van der Waals surface area contributed by atoms with Crippen molar-refractivity contribution in [2.75, 3.05) is 5.73 Å². The van der Waals surface area contributed by atoms with E-state index in [-0.39, 0.29) is 5.25 Å². The summed E-state index contributed by atoms with van der Waals surface area (Å²) in [6, 6.07) is 4.43. The Hall–Kier alpha value is -0.900. The van der Waals surface area contributed by atoms with Gasteiger partial charge in [0.05, 0.1) is 15.7 Å². The minimum Gasteiger partial charge on any atom is -0.399 e. The monoisotopic (exact) mass is 255 g/mol. The predicted molar refractivity (Wildman–Crippen MR) is 68.7 cm³/mol. The fourth-order valence-corrected chi connectivity index (χ4v) is 3.89. The number of hydrogen-bond acceptors (Lipinski definition) is 2. The molecule has 0 spiro atoms. The minimum absolute atomic E-state index is 0.107. The van der Waals surface area contributed by atoms with Gasteiger partial charge in [-0.2, -0.15) is 0 Å². The van der Waals surface area contributed by atoms with Crippen LogP contribution in [-0.2, 0) is 10.8 Å². The summed E-state index contributed by atoms with van der Waals surface area (Å²) in [5.41, 5.74) is 5.87. The Balaban J connectivity index is 2.17. The number of benzene rings is 1. The largest absolute Gasteiger partial charge is 0.399 e. The van der Waals surface area contributed by atoms with Gasteiger partial charge >= 0.3 is 0 Å². The van der Waals surface area contributed by atoms with Crippen molar-refractivity contribution < 1.29 is 8.60 Å². The lowest BCUT2D eigenvalue weighted by Gasteiger charge is -2.14. The van der Waals surface area contributed by atoms with Gasteiger partial charge in [0, 0.05) is 10.9 Å². The molecule has 1 unspecified atom stereocenters. The van der Waals surface area contributed by atoms with E-state index in [1.165, 1.54) is 18.9 Å². The highest BCUT2D eigenvalue weighted by molar-refractivity contribution is 7.85. The molecule has 1 atom stereocenters. The van der Waals surface area contributed by atoms with E-state index in [1.54, 1.807) is 12.1 Å². The van der Waals surface area contributed by atoms with E-state index in [0.717, 1.165) is 25.7 Å². The van der Waals surface area contributed by atoms with Gasteiger partial charge in [-0.15, -0.1) is 0 Å². The molecule has 2 N–H and O–H groups in total. The first-order chi connectivity index (χ1) is 8.18. The number of nitrogen functional groups attached to an aromatic ring is 1. The van der Waals surface area contributed by atoms with Gasteiger partial charge in [-0.25, -0.2) is 4.39 Å². The summed E-state index contributed by atoms with van der Waals surface area (Å²) in [6.07, 6.45) is 6.50. The highest BCUT2D eigenvalue weighted by Gasteiger charge is 2.22. The third-order valence-corrected chi connectivity index (χ3v) is 5.12. The molecular formula is C13H18FNOS. The van der Waals surface area contributed by atoms with E-state index in [9.17, 15) is 8.60 Å². The van der Waals surface area contributed by atoms with Crippen LogP contribution in [0.2, 0.25) is 0 Å². The summed E-state index contributed by atoms with van der Waals surface area (Å²) in [5, 5.41) is 0.107. The molecular weight excluding hydrogens is 237 g/mol. The van der Waals surface area contributed by atoms with E-state index in [2.05, 4.69) is 0 Å². The Kier molecular flexibility index (Phi) is 4.15. The normalized spacial score (nSPS) is 19.8. The molecule has 1 aromatic rings. The zero-order valence-electron chi connectivity index (χ0n) is 9.82. The number of rotatable bonds is 2. The Bertz CT molecular complexity index is 414. The Morgan fingerprint density at radius 2 is 1.82 bits per heavy atom. The minimum atomic E-state index is -1.23. The van der Waals surface area contributed by atoms with Gasteiger partial charge in [-0.1, -0.05) is 25.7 Å². The van der Waals surface area contributed by atoms with Crippen LogP contribution in [0.15, 0.2) is 23.1 Å². The van der Waals surface area contributed by atoms with Crippen LogP contribution in [0.25, 0.3) is 0 Å². The molecule has 1 aromatic carbocycles. The molecule has 0 heterocycles. The second kappa shape index (κ2) is 5.63. The maximum atomic E-state index is 13.7. The van der Waals surface area contributed by atoms with E-state index in [0.29, 0.717) is 10.6 Å². The lowest BCUT2D eigenvalue weighted by Crippen LogP contribution is -2.15. The van der Waals surface area contributed by atoms with Crippen molar-refractivity contribution in [3.8, 4) is 0 Å². The first kappa shape index (κ1) is 12.6. The average molecular weight is 255 g/mol. The Morgan fingerprint density at radius 1 is 1.18 bits per heavy atom. The van der Waals surface area contributed by atoms with E-state index < -0.39 is 16.6 Å². The van der Waals surface area contributed by atoms with Crippen LogP contribution < -0.4 is 5.73 Å². The van der Waals surface area contributed by atoms with Gasteiger partial charge in [0.2, 0.25) is 0 Å². The molecule has 94 valence electrons. The molecule has 2 nitrogen and oxygen atoms in total. The maximum absolute atomic E-state index is 13.7. The molecule has 0 saturated heterocycles. The third kappa shape index (κ3) is 3.06. The third-order valence-electron chi connectivity index (χ3n) is 3.28. The fraction of sp³-hybridized carbons (Fsp3) is 0.538. The quantitative estimate of drug-likeness (QED) is 0.651. The molecule has 0 aliphatic heterocycles. The smallest absolute Gasteiger partial charge is 0.141 e. The highest BCUT2D eigenvalue weighted by atomic mass is 32.2. The summed E-state index contributed by atoms with van der Waals surface area (Å²) in [5.74, 6) is -0.437. The van der Waals surface area contributed by atoms with Crippen LogP contribution in [0.5, 0.6) is 0 Å².